The van der Waals surface area contributed by atoms with Crippen LogP contribution in [-0.2, 0) is 16.6 Å². The van der Waals surface area contributed by atoms with Crippen LogP contribution in [0.4, 0.5) is 17.6 Å². The van der Waals surface area contributed by atoms with Gasteiger partial charge in [0.25, 0.3) is 0 Å². The Morgan fingerprint density at radius 2 is 1.45 bits per heavy atom. The number of carboxylic acids is 1. The van der Waals surface area contributed by atoms with Crippen molar-refractivity contribution in [3.05, 3.63) is 71.0 Å². The average molecular weight is 314 g/mol. The minimum Gasteiger partial charge on any atom is -0.479 e. The van der Waals surface area contributed by atoms with Crippen LogP contribution < -0.4 is 0 Å². The van der Waals surface area contributed by atoms with E-state index in [-0.39, 0.29) is 5.56 Å². The van der Waals surface area contributed by atoms with Crippen LogP contribution in [0.15, 0.2) is 48.5 Å². The topological polar surface area (TPSA) is 57.5 Å². The van der Waals surface area contributed by atoms with E-state index < -0.39 is 34.7 Å². The summed E-state index contributed by atoms with van der Waals surface area (Å²) in [7, 11) is 0. The minimum absolute atomic E-state index is 0.249. The third kappa shape index (κ3) is 2.80. The monoisotopic (exact) mass is 314 g/mol. The number of hydrogen-bond donors (Lipinski definition) is 2. The number of rotatable bonds is 3. The summed E-state index contributed by atoms with van der Waals surface area (Å²) in [5.41, 5.74) is -4.52. The van der Waals surface area contributed by atoms with Crippen LogP contribution in [-0.4, -0.2) is 16.2 Å². The van der Waals surface area contributed by atoms with Crippen molar-refractivity contribution in [2.24, 2.45) is 0 Å². The van der Waals surface area contributed by atoms with Gasteiger partial charge in [-0.15, -0.1) is 0 Å². The van der Waals surface area contributed by atoms with Crippen molar-refractivity contribution < 1.29 is 32.6 Å². The molecular formula is C15H10F4O3. The van der Waals surface area contributed by atoms with Gasteiger partial charge in [0.1, 0.15) is 5.82 Å². The molecule has 0 aliphatic carbocycles. The molecule has 0 radical (unpaired) electrons. The molecule has 2 aromatic carbocycles. The van der Waals surface area contributed by atoms with Crippen molar-refractivity contribution in [3.8, 4) is 0 Å². The van der Waals surface area contributed by atoms with Gasteiger partial charge in [-0.2, -0.15) is 13.2 Å². The van der Waals surface area contributed by atoms with E-state index in [0.717, 1.165) is 42.5 Å². The summed E-state index contributed by atoms with van der Waals surface area (Å²) >= 11 is 0. The maximum absolute atomic E-state index is 12.9. The molecule has 22 heavy (non-hydrogen) atoms. The van der Waals surface area contributed by atoms with Crippen LogP contribution in [0.25, 0.3) is 0 Å². The number of alkyl halides is 3. The summed E-state index contributed by atoms with van der Waals surface area (Å²) in [6.45, 7) is 0. The molecule has 0 aliphatic rings. The summed E-state index contributed by atoms with van der Waals surface area (Å²) in [5, 5.41) is 19.7. The summed E-state index contributed by atoms with van der Waals surface area (Å²) < 4.78 is 51.1. The SMILES string of the molecule is O=C(O)[C@@](O)(c1ccc(F)cc1)c1cccc(C(F)(F)F)c1. The highest BCUT2D eigenvalue weighted by Gasteiger charge is 2.41. The van der Waals surface area contributed by atoms with Gasteiger partial charge in [-0.1, -0.05) is 24.3 Å². The number of benzene rings is 2. The second kappa shape index (κ2) is 5.42. The van der Waals surface area contributed by atoms with E-state index in [0.29, 0.717) is 6.07 Å². The number of aliphatic carboxylic acids is 1. The molecule has 2 N–H and O–H groups in total. The molecule has 0 fully saturated rings. The molecule has 1 atom stereocenters. The van der Waals surface area contributed by atoms with E-state index >= 15 is 0 Å². The average Bonchev–Trinajstić information content (AvgIpc) is 2.46. The zero-order chi connectivity index (χ0) is 16.5. The molecule has 0 unspecified atom stereocenters. The Labute approximate surface area is 122 Å². The highest BCUT2D eigenvalue weighted by atomic mass is 19.4. The Hall–Kier alpha value is -2.41. The van der Waals surface area contributed by atoms with Crippen molar-refractivity contribution in [2.45, 2.75) is 11.8 Å². The Morgan fingerprint density at radius 3 is 1.95 bits per heavy atom. The smallest absolute Gasteiger partial charge is 0.416 e. The maximum atomic E-state index is 12.9. The number of aliphatic hydroxyl groups is 1. The molecule has 0 spiro atoms. The first-order chi connectivity index (χ1) is 10.2. The molecule has 7 heteroatoms. The van der Waals surface area contributed by atoms with Gasteiger partial charge in [0.2, 0.25) is 5.60 Å². The lowest BCUT2D eigenvalue weighted by molar-refractivity contribution is -0.155. The Balaban J connectivity index is 2.62. The van der Waals surface area contributed by atoms with Gasteiger partial charge in [0, 0.05) is 5.56 Å². The Kier molecular flexibility index (Phi) is 3.93. The van der Waals surface area contributed by atoms with Gasteiger partial charge < -0.3 is 10.2 Å². The standard InChI is InChI=1S/C15H10F4O3/c16-12-6-4-9(5-7-12)14(22,13(20)21)10-2-1-3-11(8-10)15(17,18)19/h1-8,22H,(H,20,21)/t14-/m1/s1. The lowest BCUT2D eigenvalue weighted by Crippen LogP contribution is -2.37. The second-order valence-corrected chi connectivity index (χ2v) is 4.60. The van der Waals surface area contributed by atoms with Crippen LogP contribution >= 0.6 is 0 Å². The summed E-state index contributed by atoms with van der Waals surface area (Å²) in [6, 6.07) is 7.21. The van der Waals surface area contributed by atoms with E-state index in [1.807, 2.05) is 0 Å². The number of halogens is 4. The summed E-state index contributed by atoms with van der Waals surface area (Å²) in [5.74, 6) is -2.43. The zero-order valence-electron chi connectivity index (χ0n) is 10.9. The lowest BCUT2D eigenvalue weighted by Gasteiger charge is -2.25. The first-order valence-corrected chi connectivity index (χ1v) is 6.05. The molecule has 0 aliphatic heterocycles. The van der Waals surface area contributed by atoms with Crippen molar-refractivity contribution in [3.63, 3.8) is 0 Å². The third-order valence-electron chi connectivity index (χ3n) is 3.18. The molecule has 116 valence electrons. The molecule has 0 saturated carbocycles. The van der Waals surface area contributed by atoms with Crippen LogP contribution in [0.5, 0.6) is 0 Å². The van der Waals surface area contributed by atoms with Crippen molar-refractivity contribution in [1.29, 1.82) is 0 Å². The fourth-order valence-corrected chi connectivity index (χ4v) is 2.03. The van der Waals surface area contributed by atoms with E-state index in [1.54, 1.807) is 0 Å². The zero-order valence-corrected chi connectivity index (χ0v) is 10.9. The molecule has 2 aromatic rings. The van der Waals surface area contributed by atoms with Crippen molar-refractivity contribution in [1.82, 2.24) is 0 Å². The van der Waals surface area contributed by atoms with Gasteiger partial charge in [0.05, 0.1) is 5.56 Å². The second-order valence-electron chi connectivity index (χ2n) is 4.60. The predicted octanol–water partition coefficient (Wildman–Crippen LogP) is 3.17. The summed E-state index contributed by atoms with van der Waals surface area (Å²) in [6.07, 6.45) is -4.68. The molecule has 2 rings (SSSR count). The van der Waals surface area contributed by atoms with Crippen LogP contribution in [0.1, 0.15) is 16.7 Å². The Bertz CT molecular complexity index is 695. The highest BCUT2D eigenvalue weighted by Crippen LogP contribution is 2.35. The van der Waals surface area contributed by atoms with Crippen molar-refractivity contribution in [2.75, 3.05) is 0 Å². The van der Waals surface area contributed by atoms with Gasteiger partial charge in [-0.05, 0) is 29.8 Å². The fourth-order valence-electron chi connectivity index (χ4n) is 2.03. The first-order valence-electron chi connectivity index (χ1n) is 6.05. The summed E-state index contributed by atoms with van der Waals surface area (Å²) in [4.78, 5) is 11.4. The number of carboxylic acid groups (broad SMARTS) is 1. The van der Waals surface area contributed by atoms with Gasteiger partial charge in [-0.3, -0.25) is 0 Å². The number of hydrogen-bond acceptors (Lipinski definition) is 2. The highest BCUT2D eigenvalue weighted by molar-refractivity contribution is 5.83. The fraction of sp³-hybridized carbons (Fsp3) is 0.133. The largest absolute Gasteiger partial charge is 0.479 e. The van der Waals surface area contributed by atoms with Crippen molar-refractivity contribution >= 4 is 5.97 Å². The van der Waals surface area contributed by atoms with E-state index in [4.69, 9.17) is 0 Å². The van der Waals surface area contributed by atoms with Crippen LogP contribution in [0, 0.1) is 5.82 Å². The molecular weight excluding hydrogens is 304 g/mol. The quantitative estimate of drug-likeness (QED) is 0.856. The van der Waals surface area contributed by atoms with Crippen LogP contribution in [0.2, 0.25) is 0 Å². The molecule has 0 saturated heterocycles. The predicted molar refractivity (Wildman–Crippen MR) is 68.5 cm³/mol. The molecule has 0 aromatic heterocycles. The molecule has 3 nitrogen and oxygen atoms in total. The lowest BCUT2D eigenvalue weighted by atomic mass is 9.85. The molecule has 0 bridgehead atoms. The van der Waals surface area contributed by atoms with Gasteiger partial charge in [-0.25, -0.2) is 9.18 Å². The minimum atomic E-state index is -4.68. The van der Waals surface area contributed by atoms with Crippen LogP contribution in [0.3, 0.4) is 0 Å². The molecule has 0 heterocycles. The molecule has 0 amide bonds. The van der Waals surface area contributed by atoms with Gasteiger partial charge >= 0.3 is 12.1 Å². The van der Waals surface area contributed by atoms with Gasteiger partial charge in [0.15, 0.2) is 0 Å². The maximum Gasteiger partial charge on any atom is 0.416 e. The Morgan fingerprint density at radius 1 is 0.909 bits per heavy atom. The number of carbonyl (C=O) groups is 1. The van der Waals surface area contributed by atoms with E-state index in [2.05, 4.69) is 0 Å². The third-order valence-corrected chi connectivity index (χ3v) is 3.18. The van der Waals surface area contributed by atoms with E-state index in [9.17, 15) is 32.6 Å². The first kappa shape index (κ1) is 16.0. The normalized spacial score (nSPS) is 14.4. The van der Waals surface area contributed by atoms with E-state index in [1.165, 1.54) is 0 Å².